The summed E-state index contributed by atoms with van der Waals surface area (Å²) in [5.74, 6) is -3.39. The molecule has 16 nitrogen and oxygen atoms in total. The van der Waals surface area contributed by atoms with Gasteiger partial charge in [0.2, 0.25) is 17.7 Å². The number of carboxylic acid groups (broad SMARTS) is 1. The quantitative estimate of drug-likeness (QED) is 0.0395. The topological polar surface area (TPSA) is 280 Å². The van der Waals surface area contributed by atoms with Crippen molar-refractivity contribution in [1.82, 2.24) is 30.9 Å². The fourth-order valence-corrected chi connectivity index (χ4v) is 5.12. The van der Waals surface area contributed by atoms with Crippen LogP contribution in [0.25, 0.3) is 10.9 Å². The molecular weight excluding hydrogens is 620 g/mol. The predicted octanol–water partition coefficient (Wildman–Crippen LogP) is -0.456. The summed E-state index contributed by atoms with van der Waals surface area (Å²) in [6, 6.07) is 8.88. The van der Waals surface area contributed by atoms with Crippen molar-refractivity contribution in [2.24, 2.45) is 22.2 Å². The molecule has 48 heavy (non-hydrogen) atoms. The number of carbonyl (C=O) groups is 4. The number of nitrogens with two attached hydrogens (primary N) is 3. The van der Waals surface area contributed by atoms with Crippen molar-refractivity contribution in [1.29, 1.82) is 0 Å². The van der Waals surface area contributed by atoms with Crippen molar-refractivity contribution in [3.63, 3.8) is 0 Å². The van der Waals surface area contributed by atoms with Crippen LogP contribution in [0.1, 0.15) is 29.7 Å². The number of benzene rings is 2. The molecule has 0 saturated carbocycles. The highest BCUT2D eigenvalue weighted by atomic mass is 16.4. The monoisotopic (exact) mass is 660 g/mol. The molecule has 4 unspecified atom stereocenters. The van der Waals surface area contributed by atoms with Crippen LogP contribution in [-0.2, 0) is 38.4 Å². The number of aromatic hydroxyl groups is 1. The molecule has 0 aliphatic carbocycles. The molecule has 4 rings (SSSR count). The van der Waals surface area contributed by atoms with Crippen molar-refractivity contribution < 1.29 is 29.4 Å². The summed E-state index contributed by atoms with van der Waals surface area (Å²) in [6.45, 7) is 0.175. The number of hydrogen-bond acceptors (Lipinski definition) is 8. The van der Waals surface area contributed by atoms with E-state index in [9.17, 15) is 29.4 Å². The van der Waals surface area contributed by atoms with E-state index in [4.69, 9.17) is 17.2 Å². The summed E-state index contributed by atoms with van der Waals surface area (Å²) < 4.78 is 0. The van der Waals surface area contributed by atoms with Gasteiger partial charge >= 0.3 is 5.97 Å². The number of nitrogens with zero attached hydrogens (tertiary/aromatic N) is 2. The van der Waals surface area contributed by atoms with Gasteiger partial charge in [-0.25, -0.2) is 9.78 Å². The number of para-hydroxylation sites is 1. The number of H-pyrrole nitrogens is 2. The Morgan fingerprint density at radius 3 is 2.23 bits per heavy atom. The van der Waals surface area contributed by atoms with Crippen molar-refractivity contribution in [3.8, 4) is 5.75 Å². The van der Waals surface area contributed by atoms with Gasteiger partial charge in [0, 0.05) is 48.4 Å². The number of hydrogen-bond donors (Lipinski definition) is 10. The first-order valence-electron chi connectivity index (χ1n) is 15.2. The van der Waals surface area contributed by atoms with E-state index < -0.39 is 47.9 Å². The molecule has 13 N–H and O–H groups in total. The van der Waals surface area contributed by atoms with E-state index in [1.807, 2.05) is 24.3 Å². The zero-order valence-corrected chi connectivity index (χ0v) is 26.1. The lowest BCUT2D eigenvalue weighted by Crippen LogP contribution is -2.58. The van der Waals surface area contributed by atoms with Gasteiger partial charge in [-0.3, -0.25) is 19.4 Å². The van der Waals surface area contributed by atoms with Gasteiger partial charge < -0.3 is 53.3 Å². The van der Waals surface area contributed by atoms with Crippen LogP contribution in [0.4, 0.5) is 0 Å². The summed E-state index contributed by atoms with van der Waals surface area (Å²) in [6.07, 6.45) is 5.03. The first-order chi connectivity index (χ1) is 23.0. The molecular formula is C32H40N10O6. The number of imidazole rings is 1. The Kier molecular flexibility index (Phi) is 12.1. The minimum Gasteiger partial charge on any atom is -0.508 e. The van der Waals surface area contributed by atoms with Gasteiger partial charge in [-0.2, -0.15) is 0 Å². The average Bonchev–Trinajstić information content (AvgIpc) is 3.72. The molecule has 4 aromatic rings. The van der Waals surface area contributed by atoms with E-state index in [0.717, 1.165) is 10.9 Å². The highest BCUT2D eigenvalue weighted by molar-refractivity contribution is 5.95. The summed E-state index contributed by atoms with van der Waals surface area (Å²) in [5.41, 5.74) is 19.7. The molecule has 2 heterocycles. The number of phenols is 1. The second-order valence-electron chi connectivity index (χ2n) is 11.3. The number of guanidine groups is 1. The van der Waals surface area contributed by atoms with Crippen LogP contribution in [0.5, 0.6) is 5.75 Å². The third-order valence-electron chi connectivity index (χ3n) is 7.63. The minimum absolute atomic E-state index is 0.00696. The molecule has 0 spiro atoms. The lowest BCUT2D eigenvalue weighted by molar-refractivity contribution is -0.142. The van der Waals surface area contributed by atoms with Gasteiger partial charge in [-0.05, 0) is 48.6 Å². The van der Waals surface area contributed by atoms with Gasteiger partial charge in [0.05, 0.1) is 12.4 Å². The van der Waals surface area contributed by atoms with Gasteiger partial charge in [0.25, 0.3) is 0 Å². The van der Waals surface area contributed by atoms with Gasteiger partial charge in [0.15, 0.2) is 5.96 Å². The zero-order chi connectivity index (χ0) is 34.6. The fraction of sp³-hybridized carbons (Fsp3) is 0.312. The van der Waals surface area contributed by atoms with E-state index in [-0.39, 0.29) is 43.9 Å². The lowest BCUT2D eigenvalue weighted by atomic mass is 10.0. The number of phenolic OH excluding ortho intramolecular Hbond substituents is 1. The molecule has 0 radical (unpaired) electrons. The second kappa shape index (κ2) is 16.6. The Bertz CT molecular complexity index is 1720. The number of fused-ring (bicyclic) bond motifs is 1. The Hall–Kier alpha value is -5.90. The number of rotatable bonds is 17. The van der Waals surface area contributed by atoms with Gasteiger partial charge in [-0.15, -0.1) is 0 Å². The van der Waals surface area contributed by atoms with Crippen LogP contribution < -0.4 is 33.2 Å². The van der Waals surface area contributed by atoms with Crippen LogP contribution in [0.3, 0.4) is 0 Å². The van der Waals surface area contributed by atoms with Crippen LogP contribution >= 0.6 is 0 Å². The average molecular weight is 661 g/mol. The smallest absolute Gasteiger partial charge is 0.326 e. The lowest BCUT2D eigenvalue weighted by Gasteiger charge is -2.25. The van der Waals surface area contributed by atoms with E-state index in [2.05, 4.69) is 35.9 Å². The largest absolute Gasteiger partial charge is 0.508 e. The number of carboxylic acids is 1. The normalized spacial score (nSPS) is 13.5. The van der Waals surface area contributed by atoms with E-state index in [1.54, 1.807) is 18.3 Å². The molecule has 0 aliphatic heterocycles. The molecule has 0 aliphatic rings. The molecule has 2 aromatic carbocycles. The maximum Gasteiger partial charge on any atom is 0.326 e. The molecule has 4 atom stereocenters. The SMILES string of the molecule is NC(N)=NCCCC(NC(=O)C(N)Cc1ccc(O)cc1)C(=O)NC(Cc1c[nH]c2ccccc12)C(=O)NC(Cc1cnc[nH]1)C(=O)O. The third kappa shape index (κ3) is 10.1. The number of aromatic nitrogens is 3. The number of nitrogens with one attached hydrogen (secondary N) is 5. The molecule has 254 valence electrons. The third-order valence-corrected chi connectivity index (χ3v) is 7.63. The summed E-state index contributed by atoms with van der Waals surface area (Å²) in [7, 11) is 0. The first kappa shape index (κ1) is 35.0. The number of aliphatic carboxylic acids is 1. The van der Waals surface area contributed by atoms with Crippen LogP contribution in [0, 0.1) is 0 Å². The van der Waals surface area contributed by atoms with Crippen molar-refractivity contribution in [2.75, 3.05) is 6.54 Å². The zero-order valence-electron chi connectivity index (χ0n) is 26.1. The molecule has 0 fully saturated rings. The van der Waals surface area contributed by atoms with Gasteiger partial charge in [0.1, 0.15) is 23.9 Å². The predicted molar refractivity (Wildman–Crippen MR) is 177 cm³/mol. The maximum absolute atomic E-state index is 13.8. The molecule has 3 amide bonds. The summed E-state index contributed by atoms with van der Waals surface area (Å²) in [5, 5.41) is 28.2. The molecule has 0 saturated heterocycles. The van der Waals surface area contributed by atoms with E-state index in [1.165, 1.54) is 24.7 Å². The molecule has 2 aromatic heterocycles. The Morgan fingerprint density at radius 1 is 0.854 bits per heavy atom. The number of aromatic amines is 2. The van der Waals surface area contributed by atoms with Gasteiger partial charge in [-0.1, -0.05) is 30.3 Å². The molecule has 16 heteroatoms. The van der Waals surface area contributed by atoms with Crippen molar-refractivity contribution >= 4 is 40.6 Å². The number of carbonyl (C=O) groups excluding carboxylic acids is 3. The highest BCUT2D eigenvalue weighted by Crippen LogP contribution is 2.20. The summed E-state index contributed by atoms with van der Waals surface area (Å²) in [4.78, 5) is 66.6. The van der Waals surface area contributed by atoms with Crippen molar-refractivity contribution in [3.05, 3.63) is 84.1 Å². The Morgan fingerprint density at radius 2 is 1.54 bits per heavy atom. The van der Waals surface area contributed by atoms with E-state index in [0.29, 0.717) is 23.2 Å². The Labute approximate surface area is 275 Å². The van der Waals surface area contributed by atoms with Crippen LogP contribution in [0.2, 0.25) is 0 Å². The van der Waals surface area contributed by atoms with Crippen molar-refractivity contribution in [2.45, 2.75) is 56.3 Å². The Balaban J connectivity index is 1.55. The molecule has 0 bridgehead atoms. The standard InChI is InChI=1S/C32H40N10O6/c33-23(12-18-7-9-21(43)10-8-18)28(44)40-25(6-3-11-37-32(34)35)29(45)41-26(13-19-15-38-24-5-2-1-4-22(19)24)30(46)42-27(31(47)48)14-20-16-36-17-39-20/h1-2,4-5,7-10,15-17,23,25-27,38,43H,3,6,11-14,33H2,(H,36,39)(H,40,44)(H,41,45)(H,42,46)(H,47,48)(H4,34,35,37). The van der Waals surface area contributed by atoms with Crippen LogP contribution in [0.15, 0.2) is 72.2 Å². The number of aliphatic imine (C=N–C) groups is 1. The summed E-state index contributed by atoms with van der Waals surface area (Å²) >= 11 is 0. The fourth-order valence-electron chi connectivity index (χ4n) is 5.12. The first-order valence-corrected chi connectivity index (χ1v) is 15.2. The number of amides is 3. The van der Waals surface area contributed by atoms with E-state index >= 15 is 0 Å². The minimum atomic E-state index is -1.33. The highest BCUT2D eigenvalue weighted by Gasteiger charge is 2.31. The second-order valence-corrected chi connectivity index (χ2v) is 11.3. The van der Waals surface area contributed by atoms with Crippen LogP contribution in [-0.4, -0.2) is 85.5 Å². The maximum atomic E-state index is 13.8.